The quantitative estimate of drug-likeness (QED) is 0.612. The number of anilines is 2. The van der Waals surface area contributed by atoms with Crippen molar-refractivity contribution in [1.29, 1.82) is 0 Å². The molecule has 1 unspecified atom stereocenters. The zero-order valence-corrected chi connectivity index (χ0v) is 17.2. The molecule has 4 rings (SSSR count). The molecule has 2 atom stereocenters. The largest absolute Gasteiger partial charge is 0.609 e. The molecule has 1 saturated heterocycles. The summed E-state index contributed by atoms with van der Waals surface area (Å²) in [5.41, 5.74) is 2.18. The summed E-state index contributed by atoms with van der Waals surface area (Å²) in [7, 11) is 3.69. The normalized spacial score (nSPS) is 18.7. The third kappa shape index (κ3) is 3.40. The van der Waals surface area contributed by atoms with Crippen molar-refractivity contribution in [3.8, 4) is 5.88 Å². The first-order valence-corrected chi connectivity index (χ1v) is 10.7. The summed E-state index contributed by atoms with van der Waals surface area (Å²) in [6.07, 6.45) is 7.03. The Kier molecular flexibility index (Phi) is 5.13. The lowest BCUT2D eigenvalue weighted by atomic mass is 10.3. The zero-order chi connectivity index (χ0) is 19.8. The Hall–Kier alpha value is -2.37. The summed E-state index contributed by atoms with van der Waals surface area (Å²) in [4.78, 5) is 11.1. The third-order valence-corrected chi connectivity index (χ3v) is 5.60. The maximum absolute atomic E-state index is 12.0. The van der Waals surface area contributed by atoms with Crippen molar-refractivity contribution in [2.24, 2.45) is 0 Å². The summed E-state index contributed by atoms with van der Waals surface area (Å²) >= 11 is -1.32. The average molecular weight is 405 g/mol. The molecule has 28 heavy (non-hydrogen) atoms. The second-order valence-electron chi connectivity index (χ2n) is 6.90. The summed E-state index contributed by atoms with van der Waals surface area (Å²) in [6, 6.07) is 0.302. The molecule has 150 valence electrons. The van der Waals surface area contributed by atoms with E-state index in [-0.39, 0.29) is 5.16 Å². The lowest BCUT2D eigenvalue weighted by molar-refractivity contribution is 0.362. The standard InChI is InChI=1S/C17H24N8O2S/c1-5-11-8-18-15-14(20-17(28(4)26)22-25(11)15)19-13-10-24(21-16(13)27-3)12-6-7-23(2)9-12/h8,10,12H,5-7,9H2,1-4H3,(H,19,20,22)/t12-,28?/m1/s1. The number of likely N-dealkylation sites (tertiary alicyclic amines) is 1. The molecule has 1 aliphatic heterocycles. The van der Waals surface area contributed by atoms with Gasteiger partial charge < -0.3 is 19.5 Å². The van der Waals surface area contributed by atoms with Crippen LogP contribution in [-0.2, 0) is 17.6 Å². The van der Waals surface area contributed by atoms with Crippen molar-refractivity contribution in [2.75, 3.05) is 38.8 Å². The van der Waals surface area contributed by atoms with Crippen LogP contribution in [0.4, 0.5) is 11.5 Å². The van der Waals surface area contributed by atoms with E-state index in [9.17, 15) is 4.55 Å². The highest BCUT2D eigenvalue weighted by Crippen LogP contribution is 2.31. The molecule has 0 aliphatic carbocycles. The first kappa shape index (κ1) is 19.0. The van der Waals surface area contributed by atoms with Crippen LogP contribution in [-0.4, -0.2) is 72.3 Å². The number of hydrogen-bond acceptors (Lipinski definition) is 8. The van der Waals surface area contributed by atoms with E-state index in [1.54, 1.807) is 24.1 Å². The average Bonchev–Trinajstić information content (AvgIpc) is 3.39. The topological polar surface area (TPSA) is 108 Å². The summed E-state index contributed by atoms with van der Waals surface area (Å²) in [6.45, 7) is 4.01. The van der Waals surface area contributed by atoms with Crippen LogP contribution >= 0.6 is 0 Å². The summed E-state index contributed by atoms with van der Waals surface area (Å²) < 4.78 is 21.1. The lowest BCUT2D eigenvalue weighted by Gasteiger charge is -2.10. The van der Waals surface area contributed by atoms with Crippen LogP contribution in [0.25, 0.3) is 5.65 Å². The second kappa shape index (κ2) is 7.57. The Labute approximate surface area is 166 Å². The molecule has 0 spiro atoms. The molecule has 11 heteroatoms. The van der Waals surface area contributed by atoms with Crippen LogP contribution in [0.15, 0.2) is 17.6 Å². The molecule has 10 nitrogen and oxygen atoms in total. The van der Waals surface area contributed by atoms with E-state index in [1.807, 2.05) is 17.8 Å². The Morgan fingerprint density at radius 1 is 1.39 bits per heavy atom. The van der Waals surface area contributed by atoms with Crippen molar-refractivity contribution >= 4 is 28.3 Å². The second-order valence-corrected chi connectivity index (χ2v) is 8.17. The minimum Gasteiger partial charge on any atom is -0.609 e. The summed E-state index contributed by atoms with van der Waals surface area (Å²) in [5, 5.41) is 12.5. The number of methoxy groups -OCH3 is 1. The third-order valence-electron chi connectivity index (χ3n) is 4.92. The molecule has 3 aromatic heterocycles. The predicted molar refractivity (Wildman–Crippen MR) is 106 cm³/mol. The van der Waals surface area contributed by atoms with Gasteiger partial charge in [-0.15, -0.1) is 5.10 Å². The van der Waals surface area contributed by atoms with E-state index in [4.69, 9.17) is 4.74 Å². The minimum absolute atomic E-state index is 0.242. The molecule has 1 fully saturated rings. The van der Waals surface area contributed by atoms with Crippen LogP contribution in [0.1, 0.15) is 25.1 Å². The van der Waals surface area contributed by atoms with Gasteiger partial charge in [0.05, 0.1) is 31.2 Å². The molecule has 1 N–H and O–H groups in total. The van der Waals surface area contributed by atoms with Crippen molar-refractivity contribution in [1.82, 2.24) is 34.3 Å². The fourth-order valence-corrected chi connectivity index (χ4v) is 3.82. The van der Waals surface area contributed by atoms with Crippen LogP contribution in [0.3, 0.4) is 0 Å². The monoisotopic (exact) mass is 404 g/mol. The van der Waals surface area contributed by atoms with Gasteiger partial charge >= 0.3 is 5.16 Å². The fraction of sp³-hybridized carbons (Fsp3) is 0.529. The molecular weight excluding hydrogens is 380 g/mol. The van der Waals surface area contributed by atoms with E-state index in [2.05, 4.69) is 37.4 Å². The Bertz CT molecular complexity index is 985. The van der Waals surface area contributed by atoms with Crippen LogP contribution in [0, 0.1) is 0 Å². The molecule has 0 amide bonds. The van der Waals surface area contributed by atoms with Gasteiger partial charge in [-0.05, 0) is 26.4 Å². The molecule has 0 radical (unpaired) electrons. The maximum atomic E-state index is 12.0. The number of aromatic nitrogens is 6. The Morgan fingerprint density at radius 3 is 2.86 bits per heavy atom. The Balaban J connectivity index is 1.73. The van der Waals surface area contributed by atoms with Gasteiger partial charge in [0.25, 0.3) is 5.88 Å². The molecule has 4 heterocycles. The number of imidazole rings is 1. The number of nitrogens with one attached hydrogen (secondary N) is 1. The van der Waals surface area contributed by atoms with Gasteiger partial charge in [-0.2, -0.15) is 4.98 Å². The van der Waals surface area contributed by atoms with Gasteiger partial charge in [0.1, 0.15) is 11.9 Å². The number of fused-ring (bicyclic) bond motifs is 1. The van der Waals surface area contributed by atoms with Gasteiger partial charge in [0.2, 0.25) is 0 Å². The lowest BCUT2D eigenvalue weighted by Crippen LogP contribution is -2.16. The van der Waals surface area contributed by atoms with Crippen molar-refractivity contribution in [3.63, 3.8) is 0 Å². The molecule has 0 bridgehead atoms. The number of rotatable bonds is 6. The molecule has 0 saturated carbocycles. The highest BCUT2D eigenvalue weighted by molar-refractivity contribution is 7.90. The van der Waals surface area contributed by atoms with Crippen LogP contribution in [0.5, 0.6) is 5.88 Å². The maximum Gasteiger partial charge on any atom is 0.361 e. The highest BCUT2D eigenvalue weighted by atomic mass is 32.2. The number of ether oxygens (including phenoxy) is 1. The van der Waals surface area contributed by atoms with E-state index in [0.29, 0.717) is 29.1 Å². The number of nitrogens with zero attached hydrogens (tertiary/aromatic N) is 7. The SMILES string of the molecule is CCc1cnc2c(Nc3cn([C@@H]4CCN(C)C4)nc3OC)nc([S+](C)[O-])nn12. The molecule has 1 aliphatic rings. The number of likely N-dealkylation sites (N-methyl/N-ethyl adjacent to an activating group) is 1. The zero-order valence-electron chi connectivity index (χ0n) is 16.4. The molecule has 0 aromatic carbocycles. The van der Waals surface area contributed by atoms with Crippen LogP contribution in [0.2, 0.25) is 0 Å². The predicted octanol–water partition coefficient (Wildman–Crippen LogP) is 1.25. The smallest absolute Gasteiger partial charge is 0.361 e. The minimum atomic E-state index is -1.32. The van der Waals surface area contributed by atoms with Crippen molar-refractivity contribution in [2.45, 2.75) is 31.0 Å². The number of hydrogen-bond donors (Lipinski definition) is 1. The van der Waals surface area contributed by atoms with Gasteiger partial charge in [-0.25, -0.2) is 9.50 Å². The first-order chi connectivity index (χ1) is 13.5. The van der Waals surface area contributed by atoms with Gasteiger partial charge in [0.15, 0.2) is 11.5 Å². The first-order valence-electron chi connectivity index (χ1n) is 9.17. The van der Waals surface area contributed by atoms with Gasteiger partial charge in [-0.3, -0.25) is 4.68 Å². The molecule has 3 aromatic rings. The van der Waals surface area contributed by atoms with Gasteiger partial charge in [0, 0.05) is 17.7 Å². The van der Waals surface area contributed by atoms with Crippen molar-refractivity contribution < 1.29 is 9.29 Å². The van der Waals surface area contributed by atoms with E-state index in [0.717, 1.165) is 31.6 Å². The Morgan fingerprint density at radius 2 is 2.21 bits per heavy atom. The van der Waals surface area contributed by atoms with E-state index in [1.165, 1.54) is 0 Å². The fourth-order valence-electron chi connectivity index (χ4n) is 3.41. The molecular formula is C17H24N8O2S. The van der Waals surface area contributed by atoms with Crippen LogP contribution < -0.4 is 10.1 Å². The van der Waals surface area contributed by atoms with Crippen molar-refractivity contribution in [3.05, 3.63) is 18.1 Å². The van der Waals surface area contributed by atoms with E-state index >= 15 is 0 Å². The highest BCUT2D eigenvalue weighted by Gasteiger charge is 2.25. The summed E-state index contributed by atoms with van der Waals surface area (Å²) in [5.74, 6) is 0.953. The van der Waals surface area contributed by atoms with E-state index < -0.39 is 11.2 Å². The number of aryl methyl sites for hydroxylation is 1. The van der Waals surface area contributed by atoms with Gasteiger partial charge in [-0.1, -0.05) is 12.0 Å².